The van der Waals surface area contributed by atoms with Gasteiger partial charge in [0.05, 0.1) is 0 Å². The SMILES string of the molecule is CC(SOSC(C)C1CC1)C1CC1. The van der Waals surface area contributed by atoms with Crippen LogP contribution in [0.2, 0.25) is 0 Å². The topological polar surface area (TPSA) is 9.23 Å². The van der Waals surface area contributed by atoms with Crippen molar-refractivity contribution in [1.82, 2.24) is 0 Å². The van der Waals surface area contributed by atoms with Crippen LogP contribution in [0.15, 0.2) is 0 Å². The van der Waals surface area contributed by atoms with Crippen LogP contribution in [-0.2, 0) is 3.63 Å². The van der Waals surface area contributed by atoms with Gasteiger partial charge in [0.2, 0.25) is 0 Å². The normalized spacial score (nSPS) is 27.2. The second-order valence-corrected chi connectivity index (χ2v) is 6.76. The molecule has 0 saturated heterocycles. The van der Waals surface area contributed by atoms with Crippen molar-refractivity contribution in [3.05, 3.63) is 0 Å². The smallest absolute Gasteiger partial charge is 0.0323 e. The Bertz CT molecular complexity index is 148. The minimum absolute atomic E-state index is 0.707. The maximum atomic E-state index is 5.59. The van der Waals surface area contributed by atoms with Gasteiger partial charge in [0, 0.05) is 34.6 Å². The zero-order valence-electron chi connectivity index (χ0n) is 8.36. The van der Waals surface area contributed by atoms with Crippen molar-refractivity contribution in [2.75, 3.05) is 0 Å². The molecule has 0 aromatic heterocycles. The highest BCUT2D eigenvalue weighted by Gasteiger charge is 2.31. The van der Waals surface area contributed by atoms with Gasteiger partial charge in [0.1, 0.15) is 0 Å². The lowest BCUT2D eigenvalue weighted by Gasteiger charge is -2.11. The van der Waals surface area contributed by atoms with Crippen LogP contribution in [0.5, 0.6) is 0 Å². The van der Waals surface area contributed by atoms with Gasteiger partial charge < -0.3 is 0 Å². The first kappa shape index (κ1) is 10.2. The monoisotopic (exact) mass is 218 g/mol. The van der Waals surface area contributed by atoms with Crippen LogP contribution in [0.25, 0.3) is 0 Å². The lowest BCUT2D eigenvalue weighted by atomic mass is 10.3. The average molecular weight is 218 g/mol. The molecule has 0 N–H and O–H groups in total. The lowest BCUT2D eigenvalue weighted by molar-refractivity contribution is 0.687. The van der Waals surface area contributed by atoms with Crippen LogP contribution < -0.4 is 0 Å². The third-order valence-electron chi connectivity index (χ3n) is 2.95. The standard InChI is InChI=1S/C10H18OS2/c1-7(9-3-4-9)12-11-13-8(2)10-5-6-10/h7-10H,3-6H2,1-2H3. The molecule has 2 atom stereocenters. The molecular weight excluding hydrogens is 200 g/mol. The Labute approximate surface area is 89.8 Å². The van der Waals surface area contributed by atoms with E-state index < -0.39 is 0 Å². The molecule has 0 aliphatic heterocycles. The number of hydrogen-bond donors (Lipinski definition) is 0. The van der Waals surface area contributed by atoms with Gasteiger partial charge >= 0.3 is 0 Å². The van der Waals surface area contributed by atoms with Crippen molar-refractivity contribution in [1.29, 1.82) is 0 Å². The molecule has 13 heavy (non-hydrogen) atoms. The van der Waals surface area contributed by atoms with E-state index >= 15 is 0 Å². The van der Waals surface area contributed by atoms with E-state index in [0.717, 1.165) is 11.8 Å². The third-order valence-corrected chi connectivity index (χ3v) is 4.96. The fraction of sp³-hybridized carbons (Fsp3) is 1.00. The highest BCUT2D eigenvalue weighted by Crippen LogP contribution is 2.43. The van der Waals surface area contributed by atoms with E-state index in [1.807, 2.05) is 0 Å². The van der Waals surface area contributed by atoms with E-state index in [1.165, 1.54) is 25.7 Å². The Morgan fingerprint density at radius 3 is 1.62 bits per heavy atom. The minimum atomic E-state index is 0.707. The van der Waals surface area contributed by atoms with Crippen molar-refractivity contribution in [3.63, 3.8) is 0 Å². The largest absolute Gasteiger partial charge is 0.247 e. The first-order chi connectivity index (χ1) is 6.27. The second-order valence-electron chi connectivity index (χ2n) is 4.35. The van der Waals surface area contributed by atoms with Crippen molar-refractivity contribution < 1.29 is 3.63 Å². The van der Waals surface area contributed by atoms with Gasteiger partial charge in [-0.1, -0.05) is 13.8 Å². The average Bonchev–Trinajstić information content (AvgIpc) is 2.95. The molecule has 0 spiro atoms. The molecule has 0 heterocycles. The molecule has 2 rings (SSSR count). The van der Waals surface area contributed by atoms with Crippen LogP contribution in [0.1, 0.15) is 39.5 Å². The molecule has 1 nitrogen and oxygen atoms in total. The summed E-state index contributed by atoms with van der Waals surface area (Å²) in [4.78, 5) is 0. The van der Waals surface area contributed by atoms with Crippen molar-refractivity contribution in [2.24, 2.45) is 11.8 Å². The molecule has 0 radical (unpaired) electrons. The Hall–Kier alpha value is 0.660. The fourth-order valence-corrected chi connectivity index (χ4v) is 3.47. The van der Waals surface area contributed by atoms with Crippen LogP contribution in [0.4, 0.5) is 0 Å². The van der Waals surface area contributed by atoms with Crippen molar-refractivity contribution in [2.45, 2.75) is 50.0 Å². The molecule has 2 saturated carbocycles. The summed E-state index contributed by atoms with van der Waals surface area (Å²) in [6, 6.07) is 0. The first-order valence-electron chi connectivity index (χ1n) is 5.26. The maximum absolute atomic E-state index is 5.59. The minimum Gasteiger partial charge on any atom is -0.247 e. The van der Waals surface area contributed by atoms with E-state index in [1.54, 1.807) is 24.1 Å². The predicted octanol–water partition coefficient (Wildman–Crippen LogP) is 3.90. The summed E-state index contributed by atoms with van der Waals surface area (Å²) < 4.78 is 5.59. The molecule has 2 fully saturated rings. The summed E-state index contributed by atoms with van der Waals surface area (Å²) in [5.41, 5.74) is 0. The Kier molecular flexibility index (Phi) is 3.49. The van der Waals surface area contributed by atoms with E-state index in [-0.39, 0.29) is 0 Å². The number of hydrogen-bond acceptors (Lipinski definition) is 3. The van der Waals surface area contributed by atoms with Gasteiger partial charge in [-0.3, -0.25) is 0 Å². The summed E-state index contributed by atoms with van der Waals surface area (Å²) in [6.45, 7) is 4.56. The van der Waals surface area contributed by atoms with Gasteiger partial charge in [0.15, 0.2) is 0 Å². The van der Waals surface area contributed by atoms with Gasteiger partial charge in [-0.15, -0.1) is 0 Å². The molecular formula is C10H18OS2. The van der Waals surface area contributed by atoms with Gasteiger partial charge in [-0.05, 0) is 37.5 Å². The third kappa shape index (κ3) is 3.37. The van der Waals surface area contributed by atoms with E-state index in [9.17, 15) is 0 Å². The highest BCUT2D eigenvalue weighted by atomic mass is 32.2. The van der Waals surface area contributed by atoms with Crippen LogP contribution in [-0.4, -0.2) is 10.5 Å². The van der Waals surface area contributed by atoms with Crippen LogP contribution >= 0.6 is 24.1 Å². The van der Waals surface area contributed by atoms with Gasteiger partial charge in [-0.2, -0.15) is 0 Å². The van der Waals surface area contributed by atoms with E-state index in [4.69, 9.17) is 3.63 Å². The molecule has 76 valence electrons. The van der Waals surface area contributed by atoms with Crippen molar-refractivity contribution in [3.8, 4) is 0 Å². The summed E-state index contributed by atoms with van der Waals surface area (Å²) in [6.07, 6.45) is 5.67. The molecule has 2 aliphatic rings. The fourth-order valence-electron chi connectivity index (χ4n) is 1.44. The summed E-state index contributed by atoms with van der Waals surface area (Å²) in [5, 5.41) is 1.41. The molecule has 3 heteroatoms. The molecule has 0 aromatic carbocycles. The molecule has 0 amide bonds. The summed E-state index contributed by atoms with van der Waals surface area (Å²) >= 11 is 3.37. The predicted molar refractivity (Wildman–Crippen MR) is 60.6 cm³/mol. The van der Waals surface area contributed by atoms with Crippen LogP contribution in [0.3, 0.4) is 0 Å². The van der Waals surface area contributed by atoms with Crippen molar-refractivity contribution >= 4 is 24.1 Å². The lowest BCUT2D eigenvalue weighted by Crippen LogP contribution is -2.01. The Balaban J connectivity index is 1.51. The molecule has 2 unspecified atom stereocenters. The summed E-state index contributed by atoms with van der Waals surface area (Å²) in [5.74, 6) is 1.89. The van der Waals surface area contributed by atoms with E-state index in [2.05, 4.69) is 13.8 Å². The first-order valence-corrected chi connectivity index (χ1v) is 6.87. The van der Waals surface area contributed by atoms with E-state index in [0.29, 0.717) is 10.5 Å². The van der Waals surface area contributed by atoms with Crippen LogP contribution in [0, 0.1) is 11.8 Å². The Morgan fingerprint density at radius 1 is 0.923 bits per heavy atom. The highest BCUT2D eigenvalue weighted by molar-refractivity contribution is 8.08. The maximum Gasteiger partial charge on any atom is 0.0323 e. The van der Waals surface area contributed by atoms with Gasteiger partial charge in [-0.25, -0.2) is 3.63 Å². The number of rotatable bonds is 6. The molecule has 0 aromatic rings. The zero-order chi connectivity index (χ0) is 9.26. The molecule has 0 bridgehead atoms. The second kappa shape index (κ2) is 4.45. The molecule has 2 aliphatic carbocycles. The zero-order valence-corrected chi connectivity index (χ0v) is 10.00. The van der Waals surface area contributed by atoms with Gasteiger partial charge in [0.25, 0.3) is 0 Å². The quantitative estimate of drug-likeness (QED) is 0.626. The summed E-state index contributed by atoms with van der Waals surface area (Å²) in [7, 11) is 0. The Morgan fingerprint density at radius 2 is 1.31 bits per heavy atom.